The van der Waals surface area contributed by atoms with Crippen LogP contribution in [0.5, 0.6) is 0 Å². The van der Waals surface area contributed by atoms with Crippen molar-refractivity contribution < 1.29 is 18.9 Å². The van der Waals surface area contributed by atoms with Crippen molar-refractivity contribution in [3.63, 3.8) is 0 Å². The molecule has 2 N–H and O–H groups in total. The SMILES string of the molecule is C=C1OC2C(OCc3ccccc3)[C@@]1(COCc1ccccc1)O[C@H]2n1cnc2c(N)ncnc21. The van der Waals surface area contributed by atoms with Crippen molar-refractivity contribution in [3.05, 3.63) is 96.8 Å². The number of rotatable bonds is 8. The van der Waals surface area contributed by atoms with Crippen molar-refractivity contribution >= 4 is 17.0 Å². The minimum Gasteiger partial charge on any atom is -0.484 e. The number of benzene rings is 2. The summed E-state index contributed by atoms with van der Waals surface area (Å²) in [6, 6.07) is 20.0. The predicted molar refractivity (Wildman–Crippen MR) is 128 cm³/mol. The smallest absolute Gasteiger partial charge is 0.180 e. The van der Waals surface area contributed by atoms with E-state index in [0.717, 1.165) is 11.1 Å². The van der Waals surface area contributed by atoms with E-state index in [9.17, 15) is 0 Å². The molecule has 0 aliphatic carbocycles. The van der Waals surface area contributed by atoms with Crippen LogP contribution in [0.3, 0.4) is 0 Å². The van der Waals surface area contributed by atoms with E-state index in [1.165, 1.54) is 6.33 Å². The van der Waals surface area contributed by atoms with Crippen LogP contribution in [0.1, 0.15) is 17.4 Å². The van der Waals surface area contributed by atoms with E-state index in [0.29, 0.717) is 36.0 Å². The van der Waals surface area contributed by atoms with Crippen molar-refractivity contribution in [2.75, 3.05) is 12.3 Å². The highest BCUT2D eigenvalue weighted by atomic mass is 16.7. The third-order valence-electron chi connectivity index (χ3n) is 6.48. The monoisotopic (exact) mass is 471 g/mol. The molecule has 178 valence electrons. The topological polar surface area (TPSA) is 107 Å². The molecule has 2 aliphatic heterocycles. The third kappa shape index (κ3) is 3.74. The first-order valence-corrected chi connectivity index (χ1v) is 11.4. The number of imidazole rings is 1. The maximum absolute atomic E-state index is 6.64. The van der Waals surface area contributed by atoms with Gasteiger partial charge in [0.05, 0.1) is 26.1 Å². The summed E-state index contributed by atoms with van der Waals surface area (Å²) in [7, 11) is 0. The minimum absolute atomic E-state index is 0.219. The van der Waals surface area contributed by atoms with Gasteiger partial charge in [0.2, 0.25) is 0 Å². The first-order chi connectivity index (χ1) is 17.2. The van der Waals surface area contributed by atoms with E-state index in [-0.39, 0.29) is 6.61 Å². The number of nitrogens with two attached hydrogens (primary N) is 1. The van der Waals surface area contributed by atoms with Gasteiger partial charge >= 0.3 is 0 Å². The first kappa shape index (κ1) is 21.7. The van der Waals surface area contributed by atoms with Gasteiger partial charge in [0.15, 0.2) is 29.4 Å². The quantitative estimate of drug-likeness (QED) is 0.417. The molecule has 0 radical (unpaired) electrons. The second kappa shape index (κ2) is 8.77. The average Bonchev–Trinajstić information content (AvgIpc) is 3.52. The summed E-state index contributed by atoms with van der Waals surface area (Å²) in [4.78, 5) is 12.8. The van der Waals surface area contributed by atoms with Crippen molar-refractivity contribution in [1.29, 1.82) is 0 Å². The second-order valence-corrected chi connectivity index (χ2v) is 8.68. The largest absolute Gasteiger partial charge is 0.484 e. The average molecular weight is 472 g/mol. The molecule has 6 rings (SSSR count). The van der Waals surface area contributed by atoms with E-state index in [2.05, 4.69) is 21.5 Å². The number of ether oxygens (including phenoxy) is 4. The number of anilines is 1. The molecule has 2 saturated heterocycles. The highest BCUT2D eigenvalue weighted by Crippen LogP contribution is 2.52. The standard InChI is InChI=1S/C26H25N5O4/c1-17-26(14-32-12-18-8-4-2-5-9-18)22(33-13-19-10-6-3-7-11-19)21(34-17)25(35-26)31-16-30-20-23(27)28-15-29-24(20)31/h2-11,15-16,21-22,25H,1,12-14H2,(H2,27,28,29)/t21?,22?,25-,26+/m1/s1. The van der Waals surface area contributed by atoms with Crippen LogP contribution in [0, 0.1) is 0 Å². The molecule has 2 unspecified atom stereocenters. The molecular formula is C26H25N5O4. The Morgan fingerprint density at radius 3 is 2.43 bits per heavy atom. The van der Waals surface area contributed by atoms with E-state index in [1.807, 2.05) is 65.2 Å². The Hall–Kier alpha value is -3.79. The molecule has 2 fully saturated rings. The number of nitrogens with zero attached hydrogens (tertiary/aromatic N) is 4. The van der Waals surface area contributed by atoms with Crippen molar-refractivity contribution in [2.45, 2.75) is 37.3 Å². The van der Waals surface area contributed by atoms with E-state index in [4.69, 9.17) is 24.7 Å². The van der Waals surface area contributed by atoms with Gasteiger partial charge in [-0.2, -0.15) is 0 Å². The zero-order chi connectivity index (χ0) is 23.8. The summed E-state index contributed by atoms with van der Waals surface area (Å²) in [5.74, 6) is 0.795. The predicted octanol–water partition coefficient (Wildman–Crippen LogP) is 3.39. The Morgan fingerprint density at radius 2 is 1.69 bits per heavy atom. The summed E-state index contributed by atoms with van der Waals surface area (Å²) >= 11 is 0. The zero-order valence-electron chi connectivity index (χ0n) is 19.0. The molecule has 4 aromatic rings. The van der Waals surface area contributed by atoms with Crippen LogP contribution >= 0.6 is 0 Å². The molecule has 0 spiro atoms. The number of fused-ring (bicyclic) bond motifs is 3. The normalized spacial score (nSPS) is 25.3. The number of nitrogen functional groups attached to an aromatic ring is 1. The zero-order valence-corrected chi connectivity index (χ0v) is 19.0. The molecule has 2 bridgehead atoms. The summed E-state index contributed by atoms with van der Waals surface area (Å²) < 4.78 is 27.2. The van der Waals surface area contributed by atoms with Gasteiger partial charge in [-0.1, -0.05) is 67.2 Å². The van der Waals surface area contributed by atoms with Crippen LogP contribution in [0.2, 0.25) is 0 Å². The Labute approximate surface area is 202 Å². The van der Waals surface area contributed by atoms with Crippen molar-refractivity contribution in [1.82, 2.24) is 19.5 Å². The van der Waals surface area contributed by atoms with Gasteiger partial charge in [0, 0.05) is 0 Å². The molecule has 0 saturated carbocycles. The second-order valence-electron chi connectivity index (χ2n) is 8.68. The van der Waals surface area contributed by atoms with Gasteiger partial charge in [0.25, 0.3) is 0 Å². The Morgan fingerprint density at radius 1 is 0.971 bits per heavy atom. The Balaban J connectivity index is 1.30. The van der Waals surface area contributed by atoms with E-state index >= 15 is 0 Å². The molecule has 35 heavy (non-hydrogen) atoms. The number of hydrogen-bond donors (Lipinski definition) is 1. The lowest BCUT2D eigenvalue weighted by molar-refractivity contribution is -0.164. The lowest BCUT2D eigenvalue weighted by Gasteiger charge is -2.32. The van der Waals surface area contributed by atoms with Gasteiger partial charge in [0.1, 0.15) is 23.7 Å². The van der Waals surface area contributed by atoms with Gasteiger partial charge in [-0.15, -0.1) is 0 Å². The fraction of sp³-hybridized carbons (Fsp3) is 0.269. The first-order valence-electron chi connectivity index (χ1n) is 11.4. The van der Waals surface area contributed by atoms with Gasteiger partial charge in [-0.3, -0.25) is 4.57 Å². The fourth-order valence-corrected chi connectivity index (χ4v) is 4.73. The molecule has 2 aliphatic rings. The lowest BCUT2D eigenvalue weighted by Crippen LogP contribution is -2.44. The van der Waals surface area contributed by atoms with Crippen LogP contribution < -0.4 is 5.73 Å². The van der Waals surface area contributed by atoms with Crippen molar-refractivity contribution in [2.24, 2.45) is 0 Å². The molecule has 4 heterocycles. The molecule has 0 amide bonds. The van der Waals surface area contributed by atoms with Crippen LogP contribution in [-0.4, -0.2) is 43.9 Å². The summed E-state index contributed by atoms with van der Waals surface area (Å²) in [6.45, 7) is 5.20. The minimum atomic E-state index is -0.992. The van der Waals surface area contributed by atoms with Crippen LogP contribution in [0.25, 0.3) is 11.2 Å². The maximum atomic E-state index is 6.64. The van der Waals surface area contributed by atoms with Crippen LogP contribution in [0.15, 0.2) is 85.7 Å². The van der Waals surface area contributed by atoms with Gasteiger partial charge in [-0.05, 0) is 11.1 Å². The summed E-state index contributed by atoms with van der Waals surface area (Å²) in [5, 5.41) is 0. The van der Waals surface area contributed by atoms with Crippen molar-refractivity contribution in [3.8, 4) is 0 Å². The van der Waals surface area contributed by atoms with Gasteiger partial charge < -0.3 is 24.7 Å². The Kier molecular flexibility index (Phi) is 5.44. The number of aromatic nitrogens is 4. The maximum Gasteiger partial charge on any atom is 0.180 e. The highest BCUT2D eigenvalue weighted by Gasteiger charge is 2.66. The highest BCUT2D eigenvalue weighted by molar-refractivity contribution is 5.81. The number of hydrogen-bond acceptors (Lipinski definition) is 8. The third-order valence-corrected chi connectivity index (χ3v) is 6.48. The molecule has 9 nitrogen and oxygen atoms in total. The van der Waals surface area contributed by atoms with Crippen LogP contribution in [0.4, 0.5) is 5.82 Å². The molecule has 4 atom stereocenters. The molecular weight excluding hydrogens is 446 g/mol. The Bertz CT molecular complexity index is 1350. The van der Waals surface area contributed by atoms with Gasteiger partial charge in [-0.25, -0.2) is 15.0 Å². The fourth-order valence-electron chi connectivity index (χ4n) is 4.73. The molecule has 2 aromatic heterocycles. The van der Waals surface area contributed by atoms with Crippen LogP contribution in [-0.2, 0) is 32.2 Å². The lowest BCUT2D eigenvalue weighted by atomic mass is 9.97. The summed E-state index contributed by atoms with van der Waals surface area (Å²) in [5.41, 5.74) is 8.19. The molecule has 9 heteroatoms. The summed E-state index contributed by atoms with van der Waals surface area (Å²) in [6.07, 6.45) is 1.57. The van der Waals surface area contributed by atoms with E-state index in [1.54, 1.807) is 6.33 Å². The van der Waals surface area contributed by atoms with E-state index < -0.39 is 24.0 Å². The molecule has 2 aromatic carbocycles.